The van der Waals surface area contributed by atoms with Gasteiger partial charge in [-0.3, -0.25) is 9.59 Å². The van der Waals surface area contributed by atoms with Gasteiger partial charge in [0.2, 0.25) is 0 Å². The van der Waals surface area contributed by atoms with E-state index in [0.717, 1.165) is 11.3 Å². The lowest BCUT2D eigenvalue weighted by molar-refractivity contribution is -0.125. The molecule has 0 saturated carbocycles. The SMILES string of the molecule is CC(C)(C)OC(=O)N1CCC2(CC1)Cc1ccc(N3CCOCC3=O)cc1C2=O. The van der Waals surface area contributed by atoms with Crippen LogP contribution in [0.25, 0.3) is 0 Å². The summed E-state index contributed by atoms with van der Waals surface area (Å²) in [6, 6.07) is 5.75. The van der Waals surface area contributed by atoms with Crippen LogP contribution in [0, 0.1) is 5.41 Å². The summed E-state index contributed by atoms with van der Waals surface area (Å²) < 4.78 is 10.7. The largest absolute Gasteiger partial charge is 0.444 e. The zero-order chi connectivity index (χ0) is 20.8. The number of morpholine rings is 1. The predicted octanol–water partition coefficient (Wildman–Crippen LogP) is 2.81. The molecule has 2 heterocycles. The van der Waals surface area contributed by atoms with Gasteiger partial charge in [0.1, 0.15) is 12.2 Å². The van der Waals surface area contributed by atoms with Crippen LogP contribution in [0.2, 0.25) is 0 Å². The Labute approximate surface area is 170 Å². The molecule has 2 amide bonds. The summed E-state index contributed by atoms with van der Waals surface area (Å²) in [5, 5.41) is 0. The molecule has 0 radical (unpaired) electrons. The number of anilines is 1. The molecule has 2 saturated heterocycles. The second-order valence-corrected chi connectivity index (χ2v) is 9.19. The number of rotatable bonds is 1. The first kappa shape index (κ1) is 19.9. The van der Waals surface area contributed by atoms with Crippen molar-refractivity contribution in [1.82, 2.24) is 4.90 Å². The van der Waals surface area contributed by atoms with Gasteiger partial charge in [-0.1, -0.05) is 6.07 Å². The third-order valence-electron chi connectivity index (χ3n) is 6.02. The Balaban J connectivity index is 1.48. The highest BCUT2D eigenvalue weighted by Gasteiger charge is 2.48. The van der Waals surface area contributed by atoms with Gasteiger partial charge in [-0.25, -0.2) is 4.79 Å². The first-order valence-electron chi connectivity index (χ1n) is 10.2. The summed E-state index contributed by atoms with van der Waals surface area (Å²) in [5.74, 6) is 0.0564. The fraction of sp³-hybridized carbons (Fsp3) is 0.591. The summed E-state index contributed by atoms with van der Waals surface area (Å²) in [6.45, 7) is 7.67. The number of carbonyl (C=O) groups is 3. The standard InChI is InChI=1S/C22H28N2O5/c1-21(2,3)29-20(27)23-8-6-22(7-9-23)13-15-4-5-16(12-17(15)19(22)26)24-10-11-28-14-18(24)25/h4-5,12H,6-11,13-14H2,1-3H3. The molecule has 2 fully saturated rings. The van der Waals surface area contributed by atoms with E-state index in [1.165, 1.54) is 0 Å². The van der Waals surface area contributed by atoms with E-state index < -0.39 is 11.0 Å². The van der Waals surface area contributed by atoms with Crippen molar-refractivity contribution in [2.45, 2.75) is 45.6 Å². The van der Waals surface area contributed by atoms with Crippen molar-refractivity contribution in [3.8, 4) is 0 Å². The third kappa shape index (κ3) is 3.75. The van der Waals surface area contributed by atoms with Gasteiger partial charge in [0, 0.05) is 36.3 Å². The van der Waals surface area contributed by atoms with Crippen molar-refractivity contribution in [1.29, 1.82) is 0 Å². The van der Waals surface area contributed by atoms with E-state index in [1.54, 1.807) is 9.80 Å². The Kier molecular flexibility index (Phi) is 4.89. The number of fused-ring (bicyclic) bond motifs is 1. The second kappa shape index (κ2) is 7.13. The van der Waals surface area contributed by atoms with Gasteiger partial charge in [0.15, 0.2) is 5.78 Å². The van der Waals surface area contributed by atoms with Crippen LogP contribution in [0.5, 0.6) is 0 Å². The van der Waals surface area contributed by atoms with Gasteiger partial charge >= 0.3 is 6.09 Å². The van der Waals surface area contributed by atoms with Gasteiger partial charge < -0.3 is 19.3 Å². The smallest absolute Gasteiger partial charge is 0.410 e. The van der Waals surface area contributed by atoms with Crippen LogP contribution in [0.1, 0.15) is 49.5 Å². The number of ketones is 1. The molecule has 0 aromatic heterocycles. The number of carbonyl (C=O) groups excluding carboxylic acids is 3. The van der Waals surface area contributed by atoms with E-state index >= 15 is 0 Å². The lowest BCUT2D eigenvalue weighted by atomic mass is 9.75. The van der Waals surface area contributed by atoms with Crippen LogP contribution >= 0.6 is 0 Å². The van der Waals surface area contributed by atoms with Gasteiger partial charge in [0.05, 0.1) is 6.61 Å². The lowest BCUT2D eigenvalue weighted by Crippen LogP contribution is -2.47. The van der Waals surface area contributed by atoms with Gasteiger partial charge in [0.25, 0.3) is 5.91 Å². The molecule has 0 N–H and O–H groups in total. The van der Waals surface area contributed by atoms with Crippen LogP contribution in [0.4, 0.5) is 10.5 Å². The minimum Gasteiger partial charge on any atom is -0.444 e. The summed E-state index contributed by atoms with van der Waals surface area (Å²) in [7, 11) is 0. The van der Waals surface area contributed by atoms with Gasteiger partial charge in [-0.2, -0.15) is 0 Å². The molecule has 1 aliphatic carbocycles. The molecule has 0 bridgehead atoms. The Bertz CT molecular complexity index is 849. The number of hydrogen-bond acceptors (Lipinski definition) is 5. The van der Waals surface area contributed by atoms with Crippen molar-refractivity contribution in [3.05, 3.63) is 29.3 Å². The van der Waals surface area contributed by atoms with E-state index in [1.807, 2.05) is 39.0 Å². The van der Waals surface area contributed by atoms with Crippen LogP contribution in [-0.2, 0) is 20.7 Å². The molecule has 7 nitrogen and oxygen atoms in total. The Morgan fingerprint density at radius 1 is 1.14 bits per heavy atom. The first-order chi connectivity index (χ1) is 13.7. The molecular formula is C22H28N2O5. The number of ether oxygens (including phenoxy) is 2. The molecule has 4 rings (SSSR count). The highest BCUT2D eigenvalue weighted by atomic mass is 16.6. The summed E-state index contributed by atoms with van der Waals surface area (Å²) >= 11 is 0. The number of likely N-dealkylation sites (tertiary alicyclic amines) is 1. The molecule has 7 heteroatoms. The van der Waals surface area contributed by atoms with Crippen molar-refractivity contribution in [3.63, 3.8) is 0 Å². The number of benzene rings is 1. The molecule has 29 heavy (non-hydrogen) atoms. The number of hydrogen-bond donors (Lipinski definition) is 0. The highest BCUT2D eigenvalue weighted by molar-refractivity contribution is 6.06. The average molecular weight is 400 g/mol. The minimum absolute atomic E-state index is 0.0788. The maximum Gasteiger partial charge on any atom is 0.410 e. The second-order valence-electron chi connectivity index (χ2n) is 9.19. The summed E-state index contributed by atoms with van der Waals surface area (Å²) in [6.07, 6.45) is 1.64. The van der Waals surface area contributed by atoms with Crippen LogP contribution < -0.4 is 4.90 Å². The molecule has 1 spiro atoms. The normalized spacial score (nSPS) is 21.5. The molecule has 0 unspecified atom stereocenters. The predicted molar refractivity (Wildman–Crippen MR) is 107 cm³/mol. The quantitative estimate of drug-likeness (QED) is 0.725. The Hall–Kier alpha value is -2.41. The molecule has 156 valence electrons. The molecule has 0 atom stereocenters. The lowest BCUT2D eigenvalue weighted by Gasteiger charge is -2.38. The van der Waals surface area contributed by atoms with Crippen LogP contribution in [-0.4, -0.2) is 61.1 Å². The third-order valence-corrected chi connectivity index (χ3v) is 6.02. The Morgan fingerprint density at radius 2 is 1.86 bits per heavy atom. The summed E-state index contributed by atoms with van der Waals surface area (Å²) in [5.41, 5.74) is 1.53. The highest BCUT2D eigenvalue weighted by Crippen LogP contribution is 2.45. The van der Waals surface area contributed by atoms with Crippen molar-refractivity contribution in [2.24, 2.45) is 5.41 Å². The van der Waals surface area contributed by atoms with E-state index in [2.05, 4.69) is 0 Å². The zero-order valence-corrected chi connectivity index (χ0v) is 17.3. The molecular weight excluding hydrogens is 372 g/mol. The fourth-order valence-corrected chi connectivity index (χ4v) is 4.47. The summed E-state index contributed by atoms with van der Waals surface area (Å²) in [4.78, 5) is 41.2. The number of Topliss-reactive ketones (excluding diaryl/α,β-unsaturated/α-hetero) is 1. The van der Waals surface area contributed by atoms with E-state index in [-0.39, 0.29) is 24.4 Å². The van der Waals surface area contributed by atoms with Crippen molar-refractivity contribution >= 4 is 23.5 Å². The zero-order valence-electron chi connectivity index (χ0n) is 17.3. The fourth-order valence-electron chi connectivity index (χ4n) is 4.47. The minimum atomic E-state index is -0.529. The number of nitrogens with zero attached hydrogens (tertiary/aromatic N) is 2. The molecule has 1 aromatic carbocycles. The van der Waals surface area contributed by atoms with Gasteiger partial charge in [-0.05, 0) is 57.7 Å². The van der Waals surface area contributed by atoms with Gasteiger partial charge in [-0.15, -0.1) is 0 Å². The van der Waals surface area contributed by atoms with Crippen LogP contribution in [0.3, 0.4) is 0 Å². The van der Waals surface area contributed by atoms with Crippen LogP contribution in [0.15, 0.2) is 18.2 Å². The maximum absolute atomic E-state index is 13.3. The van der Waals surface area contributed by atoms with Crippen molar-refractivity contribution in [2.75, 3.05) is 37.7 Å². The van der Waals surface area contributed by atoms with E-state index in [9.17, 15) is 14.4 Å². The molecule has 2 aliphatic heterocycles. The average Bonchev–Trinajstić information content (AvgIpc) is 2.93. The number of piperidine rings is 1. The van der Waals surface area contributed by atoms with Crippen molar-refractivity contribution < 1.29 is 23.9 Å². The molecule has 3 aliphatic rings. The number of amides is 2. The monoisotopic (exact) mass is 400 g/mol. The first-order valence-corrected chi connectivity index (χ1v) is 10.2. The maximum atomic E-state index is 13.3. The Morgan fingerprint density at radius 3 is 2.52 bits per heavy atom. The molecule has 1 aromatic rings. The van der Waals surface area contributed by atoms with E-state index in [4.69, 9.17) is 9.47 Å². The topological polar surface area (TPSA) is 76.2 Å². The van der Waals surface area contributed by atoms with E-state index in [0.29, 0.717) is 51.1 Å².